The Morgan fingerprint density at radius 3 is 2.79 bits per heavy atom. The molecule has 0 radical (unpaired) electrons. The number of nitrogens with zero attached hydrogens (tertiary/aromatic N) is 3. The lowest BCUT2D eigenvalue weighted by atomic mass is 9.83. The van der Waals surface area contributed by atoms with Crippen molar-refractivity contribution in [1.29, 1.82) is 0 Å². The fourth-order valence-electron chi connectivity index (χ4n) is 2.80. The molecule has 1 unspecified atom stereocenters. The molecule has 0 spiro atoms. The molecule has 1 N–H and O–H groups in total. The van der Waals surface area contributed by atoms with E-state index in [4.69, 9.17) is 9.47 Å². The van der Waals surface area contributed by atoms with Gasteiger partial charge in [-0.2, -0.15) is 0 Å². The van der Waals surface area contributed by atoms with Crippen LogP contribution >= 0.6 is 0 Å². The van der Waals surface area contributed by atoms with E-state index in [1.165, 1.54) is 0 Å². The molecule has 0 bridgehead atoms. The highest BCUT2D eigenvalue weighted by atomic mass is 16.5. The Bertz CT molecular complexity index is 388. The molecule has 1 aliphatic rings. The van der Waals surface area contributed by atoms with Crippen molar-refractivity contribution in [2.75, 3.05) is 26.9 Å². The average molecular weight is 268 g/mol. The van der Waals surface area contributed by atoms with Gasteiger partial charge in [-0.15, -0.1) is 5.10 Å². The van der Waals surface area contributed by atoms with Gasteiger partial charge in [-0.3, -0.25) is 4.68 Å². The fourth-order valence-corrected chi connectivity index (χ4v) is 2.80. The molecule has 0 amide bonds. The minimum absolute atomic E-state index is 0.161. The minimum Gasteiger partial charge on any atom is -0.381 e. The molecule has 0 aromatic carbocycles. The molecule has 6 heteroatoms. The number of nitrogens with one attached hydrogen (secondary N) is 1. The molecule has 6 nitrogen and oxygen atoms in total. The van der Waals surface area contributed by atoms with Crippen molar-refractivity contribution in [3.63, 3.8) is 0 Å². The number of aromatic nitrogens is 3. The van der Waals surface area contributed by atoms with Crippen molar-refractivity contribution in [2.24, 2.45) is 7.05 Å². The van der Waals surface area contributed by atoms with Crippen LogP contribution < -0.4 is 5.32 Å². The molecule has 1 aromatic heterocycles. The zero-order valence-corrected chi connectivity index (χ0v) is 12.1. The molecule has 108 valence electrons. The Labute approximate surface area is 114 Å². The summed E-state index contributed by atoms with van der Waals surface area (Å²) in [4.78, 5) is 0. The van der Waals surface area contributed by atoms with Crippen LogP contribution in [-0.2, 0) is 22.9 Å². The van der Waals surface area contributed by atoms with E-state index in [2.05, 4.69) is 22.6 Å². The second kappa shape index (κ2) is 6.45. The van der Waals surface area contributed by atoms with Crippen LogP contribution in [0, 0.1) is 0 Å². The molecule has 2 rings (SSSR count). The zero-order chi connectivity index (χ0) is 13.7. The summed E-state index contributed by atoms with van der Waals surface area (Å²) in [6.07, 6.45) is 4.63. The van der Waals surface area contributed by atoms with Crippen molar-refractivity contribution >= 4 is 0 Å². The van der Waals surface area contributed by atoms with E-state index in [9.17, 15) is 0 Å². The lowest BCUT2D eigenvalue weighted by Gasteiger charge is -2.42. The third-order valence-electron chi connectivity index (χ3n) is 3.89. The van der Waals surface area contributed by atoms with Gasteiger partial charge in [0, 0.05) is 58.9 Å². The number of likely N-dealkylation sites (N-methyl/N-ethyl adjacent to an activating group) is 1. The molecule has 1 saturated heterocycles. The molecule has 2 heterocycles. The van der Waals surface area contributed by atoms with Crippen molar-refractivity contribution in [2.45, 2.75) is 37.8 Å². The topological polar surface area (TPSA) is 61.2 Å². The normalized spacial score (nSPS) is 20.4. The summed E-state index contributed by atoms with van der Waals surface area (Å²) in [6, 6.07) is 0.239. The summed E-state index contributed by atoms with van der Waals surface area (Å²) in [5.41, 5.74) is 0.836. The first kappa shape index (κ1) is 14.4. The Morgan fingerprint density at radius 2 is 2.26 bits per heavy atom. The van der Waals surface area contributed by atoms with Crippen molar-refractivity contribution in [1.82, 2.24) is 20.3 Å². The molecule has 1 atom stereocenters. The van der Waals surface area contributed by atoms with Gasteiger partial charge in [0.25, 0.3) is 0 Å². The number of methoxy groups -OCH3 is 1. The van der Waals surface area contributed by atoms with Crippen LogP contribution in [0.4, 0.5) is 0 Å². The SMILES string of the molecule is CCNC(Cc1cn(C)nn1)C1(OC)CCOCC1. The molecule has 1 aromatic rings. The number of rotatable bonds is 6. The van der Waals surface area contributed by atoms with Crippen molar-refractivity contribution < 1.29 is 9.47 Å². The standard InChI is InChI=1S/C13H24N4O2/c1-4-14-12(9-11-10-17(2)16-15-11)13(18-3)5-7-19-8-6-13/h10,12,14H,4-9H2,1-3H3. The predicted octanol–water partition coefficient (Wildman–Crippen LogP) is 0.531. The van der Waals surface area contributed by atoms with Crippen LogP contribution in [0.2, 0.25) is 0 Å². The zero-order valence-electron chi connectivity index (χ0n) is 12.1. The maximum absolute atomic E-state index is 5.87. The summed E-state index contributed by atoms with van der Waals surface area (Å²) in [5, 5.41) is 11.7. The maximum atomic E-state index is 5.87. The maximum Gasteiger partial charge on any atom is 0.0878 e. The van der Waals surface area contributed by atoms with Gasteiger partial charge in [0.15, 0.2) is 0 Å². The van der Waals surface area contributed by atoms with E-state index in [0.717, 1.165) is 44.7 Å². The Balaban J connectivity index is 2.12. The predicted molar refractivity (Wildman–Crippen MR) is 72.0 cm³/mol. The molecular formula is C13H24N4O2. The first-order chi connectivity index (χ1) is 9.20. The first-order valence-corrected chi connectivity index (χ1v) is 6.91. The Kier molecular flexibility index (Phi) is 4.90. The van der Waals surface area contributed by atoms with Gasteiger partial charge >= 0.3 is 0 Å². The highest BCUT2D eigenvalue weighted by molar-refractivity contribution is 5.03. The lowest BCUT2D eigenvalue weighted by molar-refractivity contribution is -0.110. The van der Waals surface area contributed by atoms with E-state index in [1.54, 1.807) is 11.8 Å². The van der Waals surface area contributed by atoms with Gasteiger partial charge in [-0.05, 0) is 6.54 Å². The summed E-state index contributed by atoms with van der Waals surface area (Å²) >= 11 is 0. The summed E-state index contributed by atoms with van der Waals surface area (Å²) < 4.78 is 13.1. The molecule has 0 saturated carbocycles. The van der Waals surface area contributed by atoms with Crippen LogP contribution in [-0.4, -0.2) is 53.5 Å². The Hall–Kier alpha value is -0.980. The molecular weight excluding hydrogens is 244 g/mol. The van der Waals surface area contributed by atoms with Gasteiger partial charge in [0.2, 0.25) is 0 Å². The number of hydrogen-bond acceptors (Lipinski definition) is 5. The van der Waals surface area contributed by atoms with Crippen LogP contribution in [0.3, 0.4) is 0 Å². The second-order valence-electron chi connectivity index (χ2n) is 5.08. The Morgan fingerprint density at radius 1 is 1.53 bits per heavy atom. The van der Waals surface area contributed by atoms with E-state index >= 15 is 0 Å². The fraction of sp³-hybridized carbons (Fsp3) is 0.846. The van der Waals surface area contributed by atoms with E-state index in [-0.39, 0.29) is 11.6 Å². The average Bonchev–Trinajstić information content (AvgIpc) is 2.84. The van der Waals surface area contributed by atoms with E-state index in [1.807, 2.05) is 13.2 Å². The van der Waals surface area contributed by atoms with Gasteiger partial charge in [-0.1, -0.05) is 12.1 Å². The van der Waals surface area contributed by atoms with Gasteiger partial charge in [0.05, 0.1) is 11.3 Å². The molecule has 0 aliphatic carbocycles. The third kappa shape index (κ3) is 3.32. The highest BCUT2D eigenvalue weighted by Gasteiger charge is 2.40. The number of aryl methyl sites for hydroxylation is 1. The summed E-state index contributed by atoms with van der Waals surface area (Å²) in [7, 11) is 3.69. The lowest BCUT2D eigenvalue weighted by Crippen LogP contribution is -2.56. The van der Waals surface area contributed by atoms with Gasteiger partial charge < -0.3 is 14.8 Å². The van der Waals surface area contributed by atoms with Crippen molar-refractivity contribution in [3.8, 4) is 0 Å². The van der Waals surface area contributed by atoms with Crippen LogP contribution in [0.15, 0.2) is 6.20 Å². The van der Waals surface area contributed by atoms with Crippen LogP contribution in [0.5, 0.6) is 0 Å². The second-order valence-corrected chi connectivity index (χ2v) is 5.08. The largest absolute Gasteiger partial charge is 0.381 e. The van der Waals surface area contributed by atoms with Gasteiger partial charge in [0.1, 0.15) is 0 Å². The van der Waals surface area contributed by atoms with Gasteiger partial charge in [-0.25, -0.2) is 0 Å². The minimum atomic E-state index is -0.161. The summed E-state index contributed by atoms with van der Waals surface area (Å²) in [6.45, 7) is 4.55. The van der Waals surface area contributed by atoms with Crippen LogP contribution in [0.25, 0.3) is 0 Å². The van der Waals surface area contributed by atoms with E-state index < -0.39 is 0 Å². The molecule has 19 heavy (non-hydrogen) atoms. The smallest absolute Gasteiger partial charge is 0.0878 e. The number of ether oxygens (including phenoxy) is 2. The number of hydrogen-bond donors (Lipinski definition) is 1. The van der Waals surface area contributed by atoms with Crippen LogP contribution in [0.1, 0.15) is 25.5 Å². The first-order valence-electron chi connectivity index (χ1n) is 6.91. The highest BCUT2D eigenvalue weighted by Crippen LogP contribution is 2.29. The quantitative estimate of drug-likeness (QED) is 0.815. The molecule has 1 fully saturated rings. The van der Waals surface area contributed by atoms with E-state index in [0.29, 0.717) is 0 Å². The third-order valence-corrected chi connectivity index (χ3v) is 3.89. The van der Waals surface area contributed by atoms with Crippen molar-refractivity contribution in [3.05, 3.63) is 11.9 Å². The molecule has 1 aliphatic heterocycles. The monoisotopic (exact) mass is 268 g/mol. The summed E-state index contributed by atoms with van der Waals surface area (Å²) in [5.74, 6) is 0.